The number of halogens is 1. The molecular formula is C33H39FO4. The number of carbonyl (C=O) groups excluding carboxylic acids is 1. The molecule has 0 aromatic heterocycles. The predicted octanol–water partition coefficient (Wildman–Crippen LogP) is 7.38. The van der Waals surface area contributed by atoms with E-state index in [9.17, 15) is 4.79 Å². The van der Waals surface area contributed by atoms with Gasteiger partial charge < -0.3 is 14.2 Å². The van der Waals surface area contributed by atoms with Gasteiger partial charge in [-0.3, -0.25) is 4.79 Å². The Morgan fingerprint density at radius 1 is 1.16 bits per heavy atom. The fraction of sp³-hybridized carbons (Fsp3) is 0.485. The van der Waals surface area contributed by atoms with Crippen molar-refractivity contribution < 1.29 is 23.4 Å². The minimum Gasteiger partial charge on any atom is -0.489 e. The zero-order valence-electron chi connectivity index (χ0n) is 23.4. The molecule has 3 aliphatic carbocycles. The Kier molecular flexibility index (Phi) is 6.79. The molecule has 2 aromatic rings. The summed E-state index contributed by atoms with van der Waals surface area (Å²) in [6, 6.07) is 12.5. The molecule has 2 aromatic carbocycles. The molecule has 38 heavy (non-hydrogen) atoms. The summed E-state index contributed by atoms with van der Waals surface area (Å²) in [4.78, 5) is 12.4. The van der Waals surface area contributed by atoms with Crippen molar-refractivity contribution in [3.8, 4) is 5.75 Å². The number of rotatable bonds is 7. The molecule has 0 bridgehead atoms. The van der Waals surface area contributed by atoms with Gasteiger partial charge in [0, 0.05) is 24.5 Å². The molecule has 1 spiro atoms. The smallest absolute Gasteiger partial charge is 0.309 e. The highest BCUT2D eigenvalue weighted by Crippen LogP contribution is 2.62. The molecule has 5 heteroatoms. The molecule has 5 rings (SSSR count). The second-order valence-corrected chi connectivity index (χ2v) is 12.2. The number of methoxy groups -OCH3 is 1. The molecule has 3 aliphatic rings. The second-order valence-electron chi connectivity index (χ2n) is 12.2. The third-order valence-electron chi connectivity index (χ3n) is 8.55. The van der Waals surface area contributed by atoms with Crippen molar-refractivity contribution in [1.29, 1.82) is 0 Å². The number of aryl methyl sites for hydroxylation is 1. The molecule has 1 saturated carbocycles. The van der Waals surface area contributed by atoms with Crippen molar-refractivity contribution in [3.05, 3.63) is 82.2 Å². The first-order valence-electron chi connectivity index (χ1n) is 13.7. The van der Waals surface area contributed by atoms with Gasteiger partial charge in [-0.1, -0.05) is 39.0 Å². The van der Waals surface area contributed by atoms with Crippen LogP contribution in [0.2, 0.25) is 0 Å². The van der Waals surface area contributed by atoms with Crippen LogP contribution in [0.1, 0.15) is 81.7 Å². The van der Waals surface area contributed by atoms with Gasteiger partial charge in [0.25, 0.3) is 0 Å². The molecule has 1 fully saturated rings. The van der Waals surface area contributed by atoms with E-state index in [0.717, 1.165) is 41.7 Å². The van der Waals surface area contributed by atoms with Crippen LogP contribution < -0.4 is 4.74 Å². The van der Waals surface area contributed by atoms with Gasteiger partial charge in [0.2, 0.25) is 0 Å². The van der Waals surface area contributed by atoms with E-state index in [1.54, 1.807) is 13.2 Å². The van der Waals surface area contributed by atoms with Crippen molar-refractivity contribution >= 4 is 11.5 Å². The van der Waals surface area contributed by atoms with Crippen molar-refractivity contribution in [2.75, 3.05) is 13.7 Å². The molecular weight excluding hydrogens is 479 g/mol. The van der Waals surface area contributed by atoms with Gasteiger partial charge in [-0.2, -0.15) is 0 Å². The minimum absolute atomic E-state index is 0.0454. The van der Waals surface area contributed by atoms with E-state index in [1.807, 2.05) is 32.1 Å². The Morgan fingerprint density at radius 3 is 2.66 bits per heavy atom. The summed E-state index contributed by atoms with van der Waals surface area (Å²) >= 11 is 0. The Bertz CT molecular complexity index is 1320. The number of benzene rings is 2. The molecule has 1 unspecified atom stereocenters. The summed E-state index contributed by atoms with van der Waals surface area (Å²) < 4.78 is 32.5. The normalized spacial score (nSPS) is 26.0. The van der Waals surface area contributed by atoms with Crippen LogP contribution in [0.5, 0.6) is 5.75 Å². The van der Waals surface area contributed by atoms with E-state index in [-0.39, 0.29) is 28.5 Å². The fourth-order valence-corrected chi connectivity index (χ4v) is 6.16. The summed E-state index contributed by atoms with van der Waals surface area (Å²) in [5.74, 6) is 0.445. The molecule has 3 atom stereocenters. The van der Waals surface area contributed by atoms with Crippen LogP contribution in [0.3, 0.4) is 0 Å². The van der Waals surface area contributed by atoms with Crippen LogP contribution in [-0.2, 0) is 38.1 Å². The summed E-state index contributed by atoms with van der Waals surface area (Å²) in [5.41, 5.74) is 5.23. The lowest BCUT2D eigenvalue weighted by Gasteiger charge is -2.30. The molecule has 4 nitrogen and oxygen atoms in total. The molecule has 0 N–H and O–H groups in total. The van der Waals surface area contributed by atoms with Crippen LogP contribution >= 0.6 is 0 Å². The van der Waals surface area contributed by atoms with Gasteiger partial charge in [0.1, 0.15) is 18.2 Å². The predicted molar refractivity (Wildman–Crippen MR) is 148 cm³/mol. The molecule has 0 saturated heterocycles. The number of carbonyl (C=O) groups is 1. The maximum absolute atomic E-state index is 15.2. The summed E-state index contributed by atoms with van der Waals surface area (Å²) in [7, 11) is 1.66. The zero-order valence-corrected chi connectivity index (χ0v) is 23.4. The van der Waals surface area contributed by atoms with Gasteiger partial charge in [-0.05, 0) is 96.7 Å². The highest BCUT2D eigenvalue weighted by Gasteiger charge is 2.62. The number of ether oxygens (including phenoxy) is 3. The molecule has 0 amide bonds. The highest BCUT2D eigenvalue weighted by atomic mass is 19.1. The summed E-state index contributed by atoms with van der Waals surface area (Å²) in [6.45, 7) is 11.0. The van der Waals surface area contributed by atoms with E-state index >= 15 is 4.39 Å². The lowest BCUT2D eigenvalue weighted by atomic mass is 9.78. The first-order chi connectivity index (χ1) is 18.0. The van der Waals surface area contributed by atoms with E-state index in [4.69, 9.17) is 14.2 Å². The van der Waals surface area contributed by atoms with Crippen molar-refractivity contribution in [3.63, 3.8) is 0 Å². The maximum atomic E-state index is 15.2. The van der Waals surface area contributed by atoms with Crippen LogP contribution in [-0.4, -0.2) is 25.3 Å². The topological polar surface area (TPSA) is 44.8 Å². The van der Waals surface area contributed by atoms with E-state index in [2.05, 4.69) is 45.0 Å². The van der Waals surface area contributed by atoms with Crippen LogP contribution in [0.25, 0.3) is 5.57 Å². The lowest BCUT2D eigenvalue weighted by Crippen LogP contribution is -2.26. The fourth-order valence-electron chi connectivity index (χ4n) is 6.16. The van der Waals surface area contributed by atoms with E-state index < -0.39 is 5.60 Å². The Balaban J connectivity index is 1.40. The standard InChI is InChI=1S/C33H39FO4/c1-7-37-30(35)28-19-33(28)15-12-22-9-10-23(17-27(22)33)38-20-21-8-11-26(31(2,3)4)24(16-21)25-18-32(5,36-6)14-13-29(25)34/h8-11,13,16-18,28H,7,12,14-15,19-20H2,1-6H3/t28-,32?,33-/m0/s1. The zero-order chi connectivity index (χ0) is 27.3. The number of allylic oxidation sites excluding steroid dienone is 2. The quantitative estimate of drug-likeness (QED) is 0.359. The average Bonchev–Trinajstić information content (AvgIpc) is 3.52. The largest absolute Gasteiger partial charge is 0.489 e. The first-order valence-corrected chi connectivity index (χ1v) is 13.7. The molecule has 0 aliphatic heterocycles. The van der Waals surface area contributed by atoms with Gasteiger partial charge in [-0.25, -0.2) is 4.39 Å². The van der Waals surface area contributed by atoms with Gasteiger partial charge in [-0.15, -0.1) is 0 Å². The Labute approximate surface area is 225 Å². The van der Waals surface area contributed by atoms with Crippen molar-refractivity contribution in [2.24, 2.45) is 5.92 Å². The third kappa shape index (κ3) is 4.82. The monoisotopic (exact) mass is 518 g/mol. The van der Waals surface area contributed by atoms with E-state index in [1.165, 1.54) is 11.1 Å². The Hall–Kier alpha value is -2.92. The summed E-state index contributed by atoms with van der Waals surface area (Å²) in [5, 5.41) is 0. The summed E-state index contributed by atoms with van der Waals surface area (Å²) in [6.07, 6.45) is 6.86. The average molecular weight is 519 g/mol. The highest BCUT2D eigenvalue weighted by molar-refractivity contribution is 5.82. The van der Waals surface area contributed by atoms with Crippen LogP contribution in [0.15, 0.2) is 54.4 Å². The number of fused-ring (bicyclic) bond motifs is 2. The molecule has 202 valence electrons. The first kappa shape index (κ1) is 26.7. The number of esters is 1. The SMILES string of the molecule is CCOC(=O)[C@@H]1C[C@]12CCc1ccc(OCc3ccc(C(C)(C)C)c(C4=CC(C)(OC)CC=C4F)c3)cc12. The third-order valence-corrected chi connectivity index (χ3v) is 8.55. The number of hydrogen-bond acceptors (Lipinski definition) is 4. The van der Waals surface area contributed by atoms with Gasteiger partial charge >= 0.3 is 5.97 Å². The van der Waals surface area contributed by atoms with Gasteiger partial charge in [0.05, 0.1) is 18.1 Å². The molecule has 0 radical (unpaired) electrons. The minimum atomic E-state index is -0.544. The van der Waals surface area contributed by atoms with Crippen molar-refractivity contribution in [1.82, 2.24) is 0 Å². The van der Waals surface area contributed by atoms with Gasteiger partial charge in [0.15, 0.2) is 0 Å². The lowest BCUT2D eigenvalue weighted by molar-refractivity contribution is -0.145. The number of hydrogen-bond donors (Lipinski definition) is 0. The Morgan fingerprint density at radius 2 is 1.95 bits per heavy atom. The van der Waals surface area contributed by atoms with E-state index in [0.29, 0.717) is 25.2 Å². The van der Waals surface area contributed by atoms with Crippen LogP contribution in [0.4, 0.5) is 4.39 Å². The second kappa shape index (κ2) is 9.68. The molecule has 0 heterocycles. The van der Waals surface area contributed by atoms with Crippen LogP contribution in [0, 0.1) is 5.92 Å². The van der Waals surface area contributed by atoms with Crippen molar-refractivity contribution in [2.45, 2.75) is 83.3 Å². The maximum Gasteiger partial charge on any atom is 0.309 e.